The van der Waals surface area contributed by atoms with Crippen molar-refractivity contribution in [2.75, 3.05) is 12.4 Å². The number of nitrogens with zero attached hydrogens (tertiary/aromatic N) is 2. The zero-order chi connectivity index (χ0) is 26.9. The maximum absolute atomic E-state index is 13.2. The minimum Gasteiger partial charge on any atom is -0.505 e. The molecule has 0 aliphatic rings. The minimum absolute atomic E-state index is 0.0982. The summed E-state index contributed by atoms with van der Waals surface area (Å²) < 4.78 is 38.6. The number of carbonyl (C=O) groups is 1. The highest BCUT2D eigenvalue weighted by atomic mass is 35.5. The highest BCUT2D eigenvalue weighted by molar-refractivity contribution is 7.86. The van der Waals surface area contributed by atoms with E-state index in [-0.39, 0.29) is 32.7 Å². The van der Waals surface area contributed by atoms with Crippen molar-refractivity contribution in [1.82, 2.24) is 0 Å². The van der Waals surface area contributed by atoms with Crippen molar-refractivity contribution in [2.45, 2.75) is 11.8 Å². The lowest BCUT2D eigenvalue weighted by Crippen LogP contribution is -2.12. The van der Waals surface area contributed by atoms with Crippen LogP contribution in [0.25, 0.3) is 10.8 Å². The van der Waals surface area contributed by atoms with Gasteiger partial charge in [-0.05, 0) is 48.2 Å². The van der Waals surface area contributed by atoms with E-state index in [0.29, 0.717) is 22.1 Å². The number of azo groups is 1. The molecule has 4 rings (SSSR count). The van der Waals surface area contributed by atoms with Crippen LogP contribution in [-0.4, -0.2) is 31.1 Å². The molecular formula is C25H19Cl2N3O6S. The highest BCUT2D eigenvalue weighted by Gasteiger charge is 2.22. The summed E-state index contributed by atoms with van der Waals surface area (Å²) in [4.78, 5) is 12.5. The molecule has 0 unspecified atom stereocenters. The standard InChI is InChI=1S/C25H19Cl2N3O6S/c1-13-9-19(27)24(37(33,34)35)21(10-13)29-30-22-16-6-4-3-5-14(16)11-17(23(22)31)25(32)28-20-12-15(36-2)7-8-18(20)26/h3-12,31H,1-2H3,(H,28,32)(H,33,34,35). The third kappa shape index (κ3) is 5.52. The Morgan fingerprint density at radius 3 is 2.43 bits per heavy atom. The van der Waals surface area contributed by atoms with Crippen molar-refractivity contribution in [3.8, 4) is 11.5 Å². The summed E-state index contributed by atoms with van der Waals surface area (Å²) in [6.45, 7) is 1.65. The molecule has 0 heterocycles. The third-order valence-electron chi connectivity index (χ3n) is 5.35. The molecule has 0 aromatic heterocycles. The first-order valence-corrected chi connectivity index (χ1v) is 12.8. The molecule has 0 saturated heterocycles. The number of fused-ring (bicyclic) bond motifs is 1. The van der Waals surface area contributed by atoms with Crippen LogP contribution in [0.3, 0.4) is 0 Å². The largest absolute Gasteiger partial charge is 0.505 e. The summed E-state index contributed by atoms with van der Waals surface area (Å²) in [5.41, 5.74) is 0.342. The van der Waals surface area contributed by atoms with E-state index in [2.05, 4.69) is 15.5 Å². The van der Waals surface area contributed by atoms with Crippen molar-refractivity contribution in [2.24, 2.45) is 10.2 Å². The Morgan fingerprint density at radius 1 is 1.00 bits per heavy atom. The molecule has 4 aromatic carbocycles. The Bertz CT molecular complexity index is 1690. The van der Waals surface area contributed by atoms with E-state index in [1.54, 1.807) is 43.3 Å². The summed E-state index contributed by atoms with van der Waals surface area (Å²) in [5, 5.41) is 22.7. The van der Waals surface area contributed by atoms with Crippen LogP contribution in [0, 0.1) is 6.92 Å². The molecule has 4 aromatic rings. The Morgan fingerprint density at radius 2 is 1.73 bits per heavy atom. The van der Waals surface area contributed by atoms with Gasteiger partial charge in [-0.2, -0.15) is 8.42 Å². The van der Waals surface area contributed by atoms with E-state index in [1.165, 1.54) is 31.4 Å². The van der Waals surface area contributed by atoms with E-state index in [4.69, 9.17) is 27.9 Å². The van der Waals surface area contributed by atoms with Crippen molar-refractivity contribution >= 4 is 67.1 Å². The molecule has 1 amide bonds. The van der Waals surface area contributed by atoms with Crippen molar-refractivity contribution < 1.29 is 27.6 Å². The van der Waals surface area contributed by atoms with Gasteiger partial charge in [-0.3, -0.25) is 9.35 Å². The van der Waals surface area contributed by atoms with Gasteiger partial charge < -0.3 is 15.2 Å². The fourth-order valence-electron chi connectivity index (χ4n) is 3.65. The van der Waals surface area contributed by atoms with Crippen LogP contribution in [0.4, 0.5) is 17.1 Å². The van der Waals surface area contributed by atoms with Crippen molar-refractivity contribution in [3.05, 3.63) is 81.8 Å². The molecule has 9 nitrogen and oxygen atoms in total. The highest BCUT2D eigenvalue weighted by Crippen LogP contribution is 2.41. The average Bonchev–Trinajstić information content (AvgIpc) is 2.83. The zero-order valence-corrected chi connectivity index (χ0v) is 21.7. The number of phenolic OH excluding ortho intramolecular Hbond substituents is 1. The number of benzene rings is 4. The Labute approximate surface area is 222 Å². The van der Waals surface area contributed by atoms with E-state index in [0.717, 1.165) is 0 Å². The number of rotatable bonds is 6. The first kappa shape index (κ1) is 26.4. The fraction of sp³-hybridized carbons (Fsp3) is 0.0800. The summed E-state index contributed by atoms with van der Waals surface area (Å²) in [7, 11) is -3.27. The van der Waals surface area contributed by atoms with E-state index in [9.17, 15) is 22.9 Å². The number of hydrogen-bond donors (Lipinski definition) is 3. The van der Waals surface area contributed by atoms with Gasteiger partial charge in [-0.25, -0.2) is 0 Å². The molecule has 0 bridgehead atoms. The van der Waals surface area contributed by atoms with E-state index < -0.39 is 26.7 Å². The summed E-state index contributed by atoms with van der Waals surface area (Å²) >= 11 is 12.2. The normalized spacial score (nSPS) is 11.7. The van der Waals surface area contributed by atoms with Gasteiger partial charge in [0, 0.05) is 11.5 Å². The number of aryl methyl sites for hydroxylation is 1. The lowest BCUT2D eigenvalue weighted by Gasteiger charge is -2.13. The summed E-state index contributed by atoms with van der Waals surface area (Å²) in [6, 6.07) is 15.7. The lowest BCUT2D eigenvalue weighted by molar-refractivity contribution is 0.102. The molecule has 3 N–H and O–H groups in total. The number of ether oxygens (including phenoxy) is 1. The smallest absolute Gasteiger partial charge is 0.298 e. The molecule has 0 aliphatic heterocycles. The van der Waals surface area contributed by atoms with Gasteiger partial charge in [0.1, 0.15) is 22.0 Å². The van der Waals surface area contributed by atoms with Crippen LogP contribution in [0.5, 0.6) is 11.5 Å². The third-order valence-corrected chi connectivity index (χ3v) is 7.03. The first-order chi connectivity index (χ1) is 17.5. The van der Waals surface area contributed by atoms with Crippen LogP contribution >= 0.6 is 23.2 Å². The molecule has 190 valence electrons. The quantitative estimate of drug-likeness (QED) is 0.170. The predicted molar refractivity (Wildman–Crippen MR) is 142 cm³/mol. The molecule has 0 radical (unpaired) electrons. The SMILES string of the molecule is COc1ccc(Cl)c(NC(=O)c2cc3ccccc3c(N=Nc3cc(C)cc(Cl)c3S(=O)(=O)O)c2O)c1. The molecule has 0 saturated carbocycles. The second kappa shape index (κ2) is 10.3. The van der Waals surface area contributed by atoms with Gasteiger partial charge in [0.05, 0.1) is 28.4 Å². The Kier molecular flexibility index (Phi) is 7.37. The molecular weight excluding hydrogens is 541 g/mol. The number of phenols is 1. The summed E-state index contributed by atoms with van der Waals surface area (Å²) in [5.74, 6) is -0.735. The maximum Gasteiger partial charge on any atom is 0.298 e. The van der Waals surface area contributed by atoms with Gasteiger partial charge in [-0.15, -0.1) is 10.2 Å². The molecule has 12 heteroatoms. The Hall–Kier alpha value is -3.70. The van der Waals surface area contributed by atoms with Crippen molar-refractivity contribution in [3.63, 3.8) is 0 Å². The van der Waals surface area contributed by atoms with Crippen molar-refractivity contribution in [1.29, 1.82) is 0 Å². The molecule has 0 atom stereocenters. The van der Waals surface area contributed by atoms with Crippen LogP contribution in [0.15, 0.2) is 75.8 Å². The second-order valence-corrected chi connectivity index (χ2v) is 10.1. The lowest BCUT2D eigenvalue weighted by atomic mass is 10.0. The van der Waals surface area contributed by atoms with Gasteiger partial charge in [-0.1, -0.05) is 47.5 Å². The second-order valence-electron chi connectivity index (χ2n) is 7.91. The number of amides is 1. The summed E-state index contributed by atoms with van der Waals surface area (Å²) in [6.07, 6.45) is 0. The number of carbonyl (C=O) groups excluding carboxylic acids is 1. The predicted octanol–water partition coefficient (Wildman–Crippen LogP) is 7.08. The Balaban J connectivity index is 1.85. The van der Waals surface area contributed by atoms with Crippen LogP contribution in [-0.2, 0) is 10.1 Å². The zero-order valence-electron chi connectivity index (χ0n) is 19.4. The minimum atomic E-state index is -4.74. The molecule has 37 heavy (non-hydrogen) atoms. The molecule has 0 fully saturated rings. The van der Waals surface area contributed by atoms with Crippen LogP contribution < -0.4 is 10.1 Å². The number of aromatic hydroxyl groups is 1. The monoisotopic (exact) mass is 559 g/mol. The topological polar surface area (TPSA) is 138 Å². The van der Waals surface area contributed by atoms with Crippen LogP contribution in [0.1, 0.15) is 15.9 Å². The average molecular weight is 560 g/mol. The van der Waals surface area contributed by atoms with Gasteiger partial charge >= 0.3 is 0 Å². The molecule has 0 spiro atoms. The number of anilines is 1. The number of methoxy groups -OCH3 is 1. The first-order valence-electron chi connectivity index (χ1n) is 10.6. The maximum atomic E-state index is 13.2. The fourth-order valence-corrected chi connectivity index (χ4v) is 5.05. The number of halogens is 2. The van der Waals surface area contributed by atoms with E-state index >= 15 is 0 Å². The van der Waals surface area contributed by atoms with Gasteiger partial charge in [0.25, 0.3) is 16.0 Å². The molecule has 0 aliphatic carbocycles. The van der Waals surface area contributed by atoms with E-state index in [1.807, 2.05) is 0 Å². The van der Waals surface area contributed by atoms with Gasteiger partial charge in [0.2, 0.25) is 0 Å². The van der Waals surface area contributed by atoms with Gasteiger partial charge in [0.15, 0.2) is 5.75 Å². The van der Waals surface area contributed by atoms with Crippen LogP contribution in [0.2, 0.25) is 10.0 Å². The number of nitrogens with one attached hydrogen (secondary N) is 1. The number of hydrogen-bond acceptors (Lipinski definition) is 7.